The van der Waals surface area contributed by atoms with Crippen LogP contribution >= 0.6 is 0 Å². The molecule has 20 heavy (non-hydrogen) atoms. The molecule has 0 radical (unpaired) electrons. The third-order valence-corrected chi connectivity index (χ3v) is 3.83. The summed E-state index contributed by atoms with van der Waals surface area (Å²) in [5.74, 6) is 1.07. The highest BCUT2D eigenvalue weighted by atomic mass is 16.5. The average Bonchev–Trinajstić information content (AvgIpc) is 2.94. The number of aromatic nitrogens is 4. The molecule has 6 nitrogen and oxygen atoms in total. The summed E-state index contributed by atoms with van der Waals surface area (Å²) in [4.78, 5) is 12.9. The molecule has 0 bridgehead atoms. The fourth-order valence-electron chi connectivity index (χ4n) is 2.42. The van der Waals surface area contributed by atoms with E-state index in [0.717, 1.165) is 35.9 Å². The van der Waals surface area contributed by atoms with Gasteiger partial charge in [0.2, 0.25) is 11.7 Å². The van der Waals surface area contributed by atoms with Crippen molar-refractivity contribution < 1.29 is 4.52 Å². The number of nitrogens with zero attached hydrogens (tertiary/aromatic N) is 4. The zero-order valence-corrected chi connectivity index (χ0v) is 10.8. The number of benzene rings is 1. The van der Waals surface area contributed by atoms with Gasteiger partial charge in [0.1, 0.15) is 0 Å². The van der Waals surface area contributed by atoms with Crippen LogP contribution in [0.2, 0.25) is 0 Å². The van der Waals surface area contributed by atoms with Crippen molar-refractivity contribution in [2.75, 3.05) is 0 Å². The van der Waals surface area contributed by atoms with Crippen LogP contribution < -0.4 is 5.73 Å². The van der Waals surface area contributed by atoms with Crippen molar-refractivity contribution in [2.24, 2.45) is 5.73 Å². The van der Waals surface area contributed by atoms with Crippen LogP contribution in [-0.4, -0.2) is 20.1 Å². The van der Waals surface area contributed by atoms with E-state index in [1.807, 2.05) is 18.2 Å². The van der Waals surface area contributed by atoms with Gasteiger partial charge in [-0.1, -0.05) is 5.16 Å². The molecular formula is C14H13N5O. The highest BCUT2D eigenvalue weighted by Crippen LogP contribution is 2.38. The summed E-state index contributed by atoms with van der Waals surface area (Å²) in [6.07, 6.45) is 6.25. The molecule has 4 rings (SSSR count). The van der Waals surface area contributed by atoms with Crippen LogP contribution in [-0.2, 0) is 5.54 Å². The van der Waals surface area contributed by atoms with Gasteiger partial charge >= 0.3 is 0 Å². The molecule has 0 spiro atoms. The molecule has 2 N–H and O–H groups in total. The molecule has 0 unspecified atom stereocenters. The van der Waals surface area contributed by atoms with Crippen LogP contribution in [0.4, 0.5) is 0 Å². The van der Waals surface area contributed by atoms with Crippen molar-refractivity contribution in [2.45, 2.75) is 24.8 Å². The second kappa shape index (κ2) is 4.08. The van der Waals surface area contributed by atoms with E-state index in [9.17, 15) is 0 Å². The first-order valence-electron chi connectivity index (χ1n) is 6.59. The topological polar surface area (TPSA) is 90.7 Å². The second-order valence-corrected chi connectivity index (χ2v) is 5.19. The molecule has 0 aliphatic heterocycles. The fourth-order valence-corrected chi connectivity index (χ4v) is 2.42. The monoisotopic (exact) mass is 267 g/mol. The quantitative estimate of drug-likeness (QED) is 0.763. The van der Waals surface area contributed by atoms with Crippen molar-refractivity contribution in [3.05, 3.63) is 36.5 Å². The minimum absolute atomic E-state index is 0.429. The maximum Gasteiger partial charge on any atom is 0.247 e. The maximum atomic E-state index is 6.19. The van der Waals surface area contributed by atoms with Crippen LogP contribution in [0.5, 0.6) is 0 Å². The average molecular weight is 267 g/mol. The third-order valence-electron chi connectivity index (χ3n) is 3.83. The number of fused-ring (bicyclic) bond motifs is 1. The van der Waals surface area contributed by atoms with Crippen LogP contribution in [0, 0.1) is 0 Å². The predicted molar refractivity (Wildman–Crippen MR) is 72.5 cm³/mol. The molecular weight excluding hydrogens is 254 g/mol. The first-order chi connectivity index (χ1) is 9.74. The molecule has 6 heteroatoms. The van der Waals surface area contributed by atoms with Crippen LogP contribution in [0.3, 0.4) is 0 Å². The van der Waals surface area contributed by atoms with Crippen LogP contribution in [0.25, 0.3) is 22.4 Å². The Hall–Kier alpha value is -2.34. The SMILES string of the molecule is NC1(c2nc(-c3ccc4nccnc4c3)no2)CCC1. The fraction of sp³-hybridized carbons (Fsp3) is 0.286. The Morgan fingerprint density at radius 2 is 1.90 bits per heavy atom. The van der Waals surface area contributed by atoms with Gasteiger partial charge in [-0.25, -0.2) is 0 Å². The maximum absolute atomic E-state index is 6.19. The molecule has 0 saturated heterocycles. The highest BCUT2D eigenvalue weighted by molar-refractivity contribution is 5.79. The van der Waals surface area contributed by atoms with E-state index in [0.29, 0.717) is 11.7 Å². The standard InChI is InChI=1S/C14H13N5O/c15-14(4-1-5-14)13-18-12(19-20-13)9-2-3-10-11(8-9)17-7-6-16-10/h2-3,6-8H,1,4-5,15H2. The van der Waals surface area contributed by atoms with Gasteiger partial charge in [0.05, 0.1) is 16.6 Å². The van der Waals surface area contributed by atoms with E-state index in [1.165, 1.54) is 0 Å². The van der Waals surface area contributed by atoms with Gasteiger partial charge in [0.25, 0.3) is 0 Å². The van der Waals surface area contributed by atoms with Gasteiger partial charge in [0.15, 0.2) is 0 Å². The molecule has 100 valence electrons. The molecule has 1 aromatic carbocycles. The first kappa shape index (κ1) is 11.5. The number of rotatable bonds is 2. The lowest BCUT2D eigenvalue weighted by molar-refractivity contribution is 0.181. The van der Waals surface area contributed by atoms with Crippen molar-refractivity contribution in [1.82, 2.24) is 20.1 Å². The summed E-state index contributed by atoms with van der Waals surface area (Å²) in [5, 5.41) is 4.03. The molecule has 2 heterocycles. The van der Waals surface area contributed by atoms with E-state index < -0.39 is 5.54 Å². The van der Waals surface area contributed by atoms with E-state index in [1.54, 1.807) is 12.4 Å². The zero-order chi connectivity index (χ0) is 13.6. The van der Waals surface area contributed by atoms with Gasteiger partial charge in [-0.3, -0.25) is 9.97 Å². The smallest absolute Gasteiger partial charge is 0.247 e. The van der Waals surface area contributed by atoms with E-state index >= 15 is 0 Å². The molecule has 0 amide bonds. The molecule has 1 fully saturated rings. The van der Waals surface area contributed by atoms with E-state index in [4.69, 9.17) is 10.3 Å². The molecule has 0 atom stereocenters. The molecule has 2 aromatic heterocycles. The first-order valence-corrected chi connectivity index (χ1v) is 6.59. The molecule has 1 aliphatic carbocycles. The molecule has 1 aliphatic rings. The summed E-state index contributed by atoms with van der Waals surface area (Å²) < 4.78 is 5.32. The van der Waals surface area contributed by atoms with E-state index in [2.05, 4.69) is 20.1 Å². The van der Waals surface area contributed by atoms with E-state index in [-0.39, 0.29) is 0 Å². The Labute approximate surface area is 115 Å². The van der Waals surface area contributed by atoms with Crippen molar-refractivity contribution in [1.29, 1.82) is 0 Å². The highest BCUT2D eigenvalue weighted by Gasteiger charge is 2.39. The Bertz CT molecular complexity index is 778. The minimum Gasteiger partial charge on any atom is -0.337 e. The zero-order valence-electron chi connectivity index (χ0n) is 10.8. The van der Waals surface area contributed by atoms with Gasteiger partial charge in [-0.2, -0.15) is 4.98 Å². The van der Waals surface area contributed by atoms with Gasteiger partial charge in [-0.15, -0.1) is 0 Å². The lowest BCUT2D eigenvalue weighted by atomic mass is 9.78. The summed E-state index contributed by atoms with van der Waals surface area (Å²) in [6.45, 7) is 0. The largest absolute Gasteiger partial charge is 0.337 e. The predicted octanol–water partition coefficient (Wildman–Crippen LogP) is 2.02. The summed E-state index contributed by atoms with van der Waals surface area (Å²) >= 11 is 0. The lowest BCUT2D eigenvalue weighted by Gasteiger charge is -2.33. The van der Waals surface area contributed by atoms with Crippen LogP contribution in [0.15, 0.2) is 35.1 Å². The second-order valence-electron chi connectivity index (χ2n) is 5.19. The summed E-state index contributed by atoms with van der Waals surface area (Å²) in [5.41, 5.74) is 8.27. The number of hydrogen-bond donors (Lipinski definition) is 1. The third kappa shape index (κ3) is 1.69. The Balaban J connectivity index is 1.75. The lowest BCUT2D eigenvalue weighted by Crippen LogP contribution is -2.43. The Morgan fingerprint density at radius 1 is 1.10 bits per heavy atom. The molecule has 3 aromatic rings. The van der Waals surface area contributed by atoms with Gasteiger partial charge < -0.3 is 10.3 Å². The number of nitrogens with two attached hydrogens (primary N) is 1. The van der Waals surface area contributed by atoms with Crippen molar-refractivity contribution in [3.63, 3.8) is 0 Å². The van der Waals surface area contributed by atoms with Crippen molar-refractivity contribution >= 4 is 11.0 Å². The Kier molecular flexibility index (Phi) is 2.34. The summed E-state index contributed by atoms with van der Waals surface area (Å²) in [6, 6.07) is 5.71. The number of hydrogen-bond acceptors (Lipinski definition) is 6. The normalized spacial score (nSPS) is 17.1. The molecule has 1 saturated carbocycles. The van der Waals surface area contributed by atoms with Gasteiger partial charge in [0, 0.05) is 18.0 Å². The Morgan fingerprint density at radius 3 is 2.65 bits per heavy atom. The summed E-state index contributed by atoms with van der Waals surface area (Å²) in [7, 11) is 0. The van der Waals surface area contributed by atoms with Gasteiger partial charge in [-0.05, 0) is 37.5 Å². The minimum atomic E-state index is -0.429. The van der Waals surface area contributed by atoms with Crippen LogP contribution in [0.1, 0.15) is 25.2 Å². The van der Waals surface area contributed by atoms with Crippen molar-refractivity contribution in [3.8, 4) is 11.4 Å².